The van der Waals surface area contributed by atoms with E-state index in [0.29, 0.717) is 27.6 Å². The normalized spacial score (nSPS) is 14.2. The third kappa shape index (κ3) is 22.4. The van der Waals surface area contributed by atoms with Crippen LogP contribution >= 0.6 is 0 Å². The van der Waals surface area contributed by atoms with Gasteiger partial charge in [0.2, 0.25) is 59.1 Å². The van der Waals surface area contributed by atoms with E-state index >= 15 is 0 Å². The maximum Gasteiger partial charge on any atom is 0.325 e. The molecule has 0 spiro atoms. The smallest absolute Gasteiger partial charge is 0.325 e. The van der Waals surface area contributed by atoms with Gasteiger partial charge < -0.3 is 102 Å². The van der Waals surface area contributed by atoms with Gasteiger partial charge in [-0.05, 0) is 86.1 Å². The predicted molar refractivity (Wildman–Crippen MR) is 303 cm³/mol. The highest BCUT2D eigenvalue weighted by Gasteiger charge is 2.35. The summed E-state index contributed by atoms with van der Waals surface area (Å²) in [5, 5.41) is 69.6. The zero-order chi connectivity index (χ0) is 62.9. The summed E-state index contributed by atoms with van der Waals surface area (Å²) in [6.07, 6.45) is -1.06. The number of nitrogens with one attached hydrogen (secondary N) is 9. The van der Waals surface area contributed by atoms with Gasteiger partial charge >= 0.3 is 5.97 Å². The van der Waals surface area contributed by atoms with Gasteiger partial charge in [-0.1, -0.05) is 42.5 Å². The fourth-order valence-corrected chi connectivity index (χ4v) is 8.35. The number of carboxylic acids is 1. The molecule has 1 aromatic heterocycles. The van der Waals surface area contributed by atoms with Crippen LogP contribution in [0.25, 0.3) is 10.9 Å². The van der Waals surface area contributed by atoms with Gasteiger partial charge in [0.1, 0.15) is 59.8 Å². The van der Waals surface area contributed by atoms with Crippen LogP contribution < -0.4 is 71.2 Å². The molecule has 0 radical (unpaired) electrons. The van der Waals surface area contributed by atoms with Crippen molar-refractivity contribution < 1.29 is 78.3 Å². The van der Waals surface area contributed by atoms with Crippen LogP contribution in [-0.2, 0) is 72.0 Å². The summed E-state index contributed by atoms with van der Waals surface area (Å²) >= 11 is 0. The van der Waals surface area contributed by atoms with Crippen LogP contribution in [-0.4, -0.2) is 176 Å². The Morgan fingerprint density at radius 2 is 0.906 bits per heavy atom. The minimum Gasteiger partial charge on any atom is -0.508 e. The summed E-state index contributed by atoms with van der Waals surface area (Å²) in [5.74, 6) is -12.1. The van der Waals surface area contributed by atoms with Crippen molar-refractivity contribution in [2.75, 3.05) is 19.8 Å². The fourth-order valence-electron chi connectivity index (χ4n) is 8.35. The topological polar surface area (TPSA) is 543 Å². The number of guanidine groups is 1. The number of carboxylic acid groups (broad SMARTS) is 1. The van der Waals surface area contributed by atoms with Gasteiger partial charge in [0.05, 0.1) is 19.3 Å². The molecule has 0 saturated carbocycles. The van der Waals surface area contributed by atoms with Crippen molar-refractivity contribution in [2.45, 2.75) is 119 Å². The minimum atomic E-state index is -1.86. The molecule has 0 bridgehead atoms. The van der Waals surface area contributed by atoms with E-state index in [1.54, 1.807) is 30.5 Å². The standard InChI is InChI=1S/C54H73N15O16/c1-27(53(84)85)62-46(77)37(16-18-43(56)74)65-51(82)41(25-70)69-49(80)39(22-29-10-14-32(73)15-11-29)66-47(78)36(7-4-20-60-54(58)59)64-50(81)40(23-30-24-61-35-6-3-2-5-33(30)35)67-52(83)42(26-71)68-48(79)38(17-19-44(57)75)63-45(76)34(55)21-28-8-12-31(72)13-9-28/h2-3,5-6,8-15,24,27,34,36-42,61,70-73H,4,7,16-23,25-26,55H2,1H3,(H2,56,74)(H2,57,75)(H,62,77)(H,63,76)(H,64,81)(H,65,82)(H,66,78)(H,67,83)(H,68,79)(H,69,80)(H,84,85)(H4,58,59,60)/t27-,34-,36-,37-,38-,39-,40-,41-,42-/m0/s1. The molecule has 0 saturated heterocycles. The number of aliphatic imine (C=N–C) groups is 1. The number of phenolic OH excluding ortho intramolecular Hbond substituents is 2. The van der Waals surface area contributed by atoms with Crippen LogP contribution in [0.3, 0.4) is 0 Å². The number of H-pyrrole nitrogens is 1. The first kappa shape index (κ1) is 67.6. The third-order valence-corrected chi connectivity index (χ3v) is 13.0. The summed E-state index contributed by atoms with van der Waals surface area (Å²) in [6, 6.07) is 3.68. The zero-order valence-corrected chi connectivity index (χ0v) is 46.2. The molecule has 9 atom stereocenters. The Balaban J connectivity index is 1.65. The van der Waals surface area contributed by atoms with E-state index < -0.39 is 152 Å². The van der Waals surface area contributed by atoms with Crippen molar-refractivity contribution in [3.05, 3.63) is 95.7 Å². The van der Waals surface area contributed by atoms with Gasteiger partial charge in [-0.2, -0.15) is 0 Å². The van der Waals surface area contributed by atoms with Crippen LogP contribution in [0.15, 0.2) is 84.0 Å². The van der Waals surface area contributed by atoms with Gasteiger partial charge in [-0.15, -0.1) is 0 Å². The highest BCUT2D eigenvalue weighted by atomic mass is 16.4. The average Bonchev–Trinajstić information content (AvgIpc) is 4.15. The number of hydrogen-bond acceptors (Lipinski definition) is 17. The molecule has 1 heterocycles. The lowest BCUT2D eigenvalue weighted by Crippen LogP contribution is -2.61. The molecule has 0 aliphatic rings. The first-order valence-electron chi connectivity index (χ1n) is 26.6. The summed E-state index contributed by atoms with van der Waals surface area (Å²) in [4.78, 5) is 153. The number of carbonyl (C=O) groups excluding carboxylic acids is 10. The Hall–Kier alpha value is -9.88. The number of fused-ring (bicyclic) bond motifs is 1. The second kappa shape index (κ2) is 33.3. The molecule has 0 aliphatic heterocycles. The summed E-state index contributed by atoms with van der Waals surface area (Å²) in [6.45, 7) is -1.14. The van der Waals surface area contributed by atoms with E-state index in [2.05, 4.69) is 52.5 Å². The Morgan fingerprint density at radius 3 is 1.38 bits per heavy atom. The van der Waals surface area contributed by atoms with Gasteiger partial charge in [0.15, 0.2) is 5.96 Å². The first-order chi connectivity index (χ1) is 40.3. The number of benzene rings is 3. The third-order valence-electron chi connectivity index (χ3n) is 13.0. The molecule has 31 heteroatoms. The van der Waals surface area contributed by atoms with Gasteiger partial charge in [0.25, 0.3) is 0 Å². The highest BCUT2D eigenvalue weighted by molar-refractivity contribution is 5.99. The van der Waals surface area contributed by atoms with E-state index in [9.17, 15) is 78.3 Å². The largest absolute Gasteiger partial charge is 0.508 e. The summed E-state index contributed by atoms with van der Waals surface area (Å²) in [7, 11) is 0. The van der Waals surface area contributed by atoms with Crippen LogP contribution in [0, 0.1) is 0 Å². The number of hydrogen-bond donors (Lipinski definition) is 19. The number of nitrogens with two attached hydrogens (primary N) is 5. The Bertz CT molecular complexity index is 3030. The van der Waals surface area contributed by atoms with Crippen LogP contribution in [0.2, 0.25) is 0 Å². The molecule has 0 fully saturated rings. The van der Waals surface area contributed by atoms with Crippen LogP contribution in [0.5, 0.6) is 11.5 Å². The Kier molecular flexibility index (Phi) is 26.5. The number of amides is 10. The van der Waals surface area contributed by atoms with E-state index in [1.165, 1.54) is 48.5 Å². The number of rotatable bonds is 35. The number of aromatic hydroxyl groups is 2. The number of primary amides is 2. The molecule has 0 aliphatic carbocycles. The lowest BCUT2D eigenvalue weighted by molar-refractivity contribution is -0.142. The highest BCUT2D eigenvalue weighted by Crippen LogP contribution is 2.20. The molecule has 10 amide bonds. The molecule has 3 aromatic carbocycles. The quantitative estimate of drug-likeness (QED) is 0.0116. The maximum atomic E-state index is 14.7. The molecule has 4 aromatic rings. The second-order valence-corrected chi connectivity index (χ2v) is 19.7. The van der Waals surface area contributed by atoms with Crippen molar-refractivity contribution >= 4 is 81.9 Å². The number of aromatic amines is 1. The maximum absolute atomic E-state index is 14.7. The number of phenols is 2. The number of aromatic nitrogens is 1. The lowest BCUT2D eigenvalue weighted by atomic mass is 10.0. The van der Waals surface area contributed by atoms with Crippen molar-refractivity contribution in [2.24, 2.45) is 33.7 Å². The SMILES string of the molecule is C[C@H](NC(=O)[C@H](CCC(N)=O)NC(=O)[C@H](CO)NC(=O)[C@H](Cc1ccc(O)cc1)NC(=O)[C@H](CCCN=C(N)N)NC(=O)[C@H](Cc1c[nH]c2ccccc12)NC(=O)[C@H](CO)NC(=O)[C@H](CCC(N)=O)NC(=O)[C@@H](N)Cc1ccc(O)cc1)C(=O)O. The van der Waals surface area contributed by atoms with E-state index in [4.69, 9.17) is 28.7 Å². The minimum absolute atomic E-state index is 0.000846. The van der Waals surface area contributed by atoms with Crippen molar-refractivity contribution in [3.63, 3.8) is 0 Å². The monoisotopic (exact) mass is 1190 g/mol. The molecule has 24 N–H and O–H groups in total. The number of carbonyl (C=O) groups is 11. The van der Waals surface area contributed by atoms with Gasteiger partial charge in [0, 0.05) is 49.3 Å². The molecule has 460 valence electrons. The number of nitrogens with zero attached hydrogens (tertiary/aromatic N) is 1. The van der Waals surface area contributed by atoms with Crippen molar-refractivity contribution in [3.8, 4) is 11.5 Å². The number of aliphatic carboxylic acids is 1. The Labute approximate surface area is 486 Å². The number of para-hydroxylation sites is 1. The number of aliphatic hydroxyl groups excluding tert-OH is 2. The molecular weight excluding hydrogens is 1110 g/mol. The molecular formula is C54H73N15O16. The molecule has 0 unspecified atom stereocenters. The fraction of sp³-hybridized carbons (Fsp3) is 0.407. The molecule has 31 nitrogen and oxygen atoms in total. The predicted octanol–water partition coefficient (Wildman–Crippen LogP) is -5.51. The van der Waals surface area contributed by atoms with E-state index in [1.807, 2.05) is 0 Å². The summed E-state index contributed by atoms with van der Waals surface area (Å²) < 4.78 is 0. The van der Waals surface area contributed by atoms with Crippen LogP contribution in [0.4, 0.5) is 0 Å². The van der Waals surface area contributed by atoms with Crippen LogP contribution in [0.1, 0.15) is 62.1 Å². The summed E-state index contributed by atoms with van der Waals surface area (Å²) in [5.41, 5.74) is 29.8. The number of aliphatic hydroxyl groups is 2. The van der Waals surface area contributed by atoms with E-state index in [0.717, 1.165) is 6.92 Å². The first-order valence-corrected chi connectivity index (χ1v) is 26.6. The average molecular weight is 1190 g/mol. The second-order valence-electron chi connectivity index (χ2n) is 19.7. The Morgan fingerprint density at radius 1 is 0.506 bits per heavy atom. The molecule has 4 rings (SSSR count). The lowest BCUT2D eigenvalue weighted by Gasteiger charge is -2.28. The molecule has 85 heavy (non-hydrogen) atoms. The van der Waals surface area contributed by atoms with E-state index in [-0.39, 0.29) is 62.5 Å². The van der Waals surface area contributed by atoms with Crippen molar-refractivity contribution in [1.29, 1.82) is 0 Å². The zero-order valence-electron chi connectivity index (χ0n) is 46.2. The van der Waals surface area contributed by atoms with Gasteiger partial charge in [-0.3, -0.25) is 57.7 Å². The van der Waals surface area contributed by atoms with Gasteiger partial charge in [-0.25, -0.2) is 0 Å². The van der Waals surface area contributed by atoms with Crippen molar-refractivity contribution in [1.82, 2.24) is 47.5 Å².